The van der Waals surface area contributed by atoms with Crippen molar-refractivity contribution in [3.8, 4) is 0 Å². The molecule has 1 aromatic carbocycles. The third kappa shape index (κ3) is 4.53. The molecule has 0 radical (unpaired) electrons. The highest BCUT2D eigenvalue weighted by atomic mass is 16.5. The van der Waals surface area contributed by atoms with Crippen molar-refractivity contribution in [3.05, 3.63) is 47.5 Å². The second-order valence-corrected chi connectivity index (χ2v) is 8.05. The molecule has 3 rings (SSSR count). The lowest BCUT2D eigenvalue weighted by Crippen LogP contribution is -2.33. The van der Waals surface area contributed by atoms with E-state index in [1.165, 1.54) is 7.11 Å². The molecule has 5 nitrogen and oxygen atoms in total. The second kappa shape index (κ2) is 9.01. The first-order chi connectivity index (χ1) is 13.4. The third-order valence-corrected chi connectivity index (χ3v) is 6.22. The van der Waals surface area contributed by atoms with E-state index in [1.54, 1.807) is 0 Å². The van der Waals surface area contributed by atoms with Crippen LogP contribution >= 0.6 is 0 Å². The number of Topliss-reactive ketones (excluding diaryl/α,β-unsaturated/α-hetero) is 1. The van der Waals surface area contributed by atoms with E-state index in [1.807, 2.05) is 36.4 Å². The number of methoxy groups -OCH3 is 1. The molecule has 0 aromatic heterocycles. The lowest BCUT2D eigenvalue weighted by atomic mass is 9.74. The van der Waals surface area contributed by atoms with E-state index >= 15 is 0 Å². The summed E-state index contributed by atoms with van der Waals surface area (Å²) in [5.41, 5.74) is 1.17. The van der Waals surface area contributed by atoms with Gasteiger partial charge in [0, 0.05) is 24.7 Å². The maximum atomic E-state index is 12.4. The highest BCUT2D eigenvalue weighted by Crippen LogP contribution is 2.43. The molecule has 28 heavy (non-hydrogen) atoms. The molecule has 0 spiro atoms. The Morgan fingerprint density at radius 2 is 1.96 bits per heavy atom. The molecule has 2 fully saturated rings. The van der Waals surface area contributed by atoms with Crippen molar-refractivity contribution in [3.63, 3.8) is 0 Å². The number of esters is 1. The summed E-state index contributed by atoms with van der Waals surface area (Å²) in [5.74, 6) is -0.558. The number of unbranched alkanes of at least 4 members (excludes halogenated alkanes) is 1. The van der Waals surface area contributed by atoms with Crippen LogP contribution in [-0.2, 0) is 19.9 Å². The second-order valence-electron chi connectivity index (χ2n) is 8.05. The molecule has 0 heterocycles. The summed E-state index contributed by atoms with van der Waals surface area (Å²) < 4.78 is 4.62. The van der Waals surface area contributed by atoms with Crippen LogP contribution in [0, 0.1) is 5.92 Å². The van der Waals surface area contributed by atoms with Crippen LogP contribution in [0.2, 0.25) is 0 Å². The lowest BCUT2D eigenvalue weighted by Gasteiger charge is -2.37. The van der Waals surface area contributed by atoms with Crippen LogP contribution in [-0.4, -0.2) is 35.2 Å². The van der Waals surface area contributed by atoms with Crippen molar-refractivity contribution in [1.29, 1.82) is 0 Å². The minimum absolute atomic E-state index is 0.0957. The molecule has 0 bridgehead atoms. The molecule has 0 saturated heterocycles. The van der Waals surface area contributed by atoms with Gasteiger partial charge in [0.05, 0.1) is 18.8 Å². The van der Waals surface area contributed by atoms with Gasteiger partial charge >= 0.3 is 5.97 Å². The topological polar surface area (TPSA) is 83.8 Å². The zero-order valence-corrected chi connectivity index (χ0v) is 16.5. The van der Waals surface area contributed by atoms with Gasteiger partial charge in [-0.3, -0.25) is 9.59 Å². The Balaban J connectivity index is 1.60. The van der Waals surface area contributed by atoms with Crippen LogP contribution in [0.25, 0.3) is 0 Å². The average molecular weight is 386 g/mol. The number of hydrogen-bond donors (Lipinski definition) is 2. The zero-order chi connectivity index (χ0) is 20.1. The van der Waals surface area contributed by atoms with E-state index < -0.39 is 11.7 Å². The van der Waals surface area contributed by atoms with Gasteiger partial charge in [-0.15, -0.1) is 0 Å². The summed E-state index contributed by atoms with van der Waals surface area (Å²) in [6.07, 6.45) is 8.59. The Kier molecular flexibility index (Phi) is 6.68. The maximum Gasteiger partial charge on any atom is 0.305 e. The van der Waals surface area contributed by atoms with Gasteiger partial charge in [0.1, 0.15) is 5.78 Å². The SMILES string of the molecule is COC(=O)CCC/C=C/CC1C(=O)CC(O)C1c1ccc(C2(O)CCC2)cc1. The standard InChI is InChI=1S/C23H30O5/c1-28-21(26)8-5-3-2-4-7-18-19(24)15-20(25)22(18)16-9-11-17(12-10-16)23(27)13-6-14-23/h2,4,9-12,18,20,22,25,27H,3,5-8,13-15H2,1H3/b4-2+. The normalized spacial score (nSPS) is 26.4. The Bertz CT molecular complexity index is 717. The van der Waals surface area contributed by atoms with E-state index in [-0.39, 0.29) is 30.0 Å². The summed E-state index contributed by atoms with van der Waals surface area (Å²) in [6, 6.07) is 7.77. The number of aliphatic hydroxyl groups is 2. The van der Waals surface area contributed by atoms with E-state index in [0.29, 0.717) is 12.8 Å². The van der Waals surface area contributed by atoms with Crippen LogP contribution in [0.4, 0.5) is 0 Å². The first kappa shape index (κ1) is 20.7. The van der Waals surface area contributed by atoms with Gasteiger partial charge in [-0.05, 0) is 49.7 Å². The third-order valence-electron chi connectivity index (χ3n) is 6.22. The van der Waals surface area contributed by atoms with Gasteiger partial charge in [0.15, 0.2) is 0 Å². The van der Waals surface area contributed by atoms with Crippen molar-refractivity contribution in [2.75, 3.05) is 7.11 Å². The van der Waals surface area contributed by atoms with Crippen LogP contribution in [0.15, 0.2) is 36.4 Å². The van der Waals surface area contributed by atoms with Crippen molar-refractivity contribution in [1.82, 2.24) is 0 Å². The molecule has 3 unspecified atom stereocenters. The number of ketones is 1. The minimum atomic E-state index is -0.699. The fourth-order valence-corrected chi connectivity index (χ4v) is 4.33. The predicted molar refractivity (Wildman–Crippen MR) is 106 cm³/mol. The van der Waals surface area contributed by atoms with Crippen molar-refractivity contribution in [2.45, 2.75) is 69.0 Å². The number of hydrogen-bond acceptors (Lipinski definition) is 5. The van der Waals surface area contributed by atoms with Crippen molar-refractivity contribution in [2.24, 2.45) is 5.92 Å². The lowest BCUT2D eigenvalue weighted by molar-refractivity contribution is -0.140. The monoisotopic (exact) mass is 386 g/mol. The van der Waals surface area contributed by atoms with Crippen LogP contribution in [0.3, 0.4) is 0 Å². The average Bonchev–Trinajstić information content (AvgIpc) is 2.95. The first-order valence-electron chi connectivity index (χ1n) is 10.2. The Labute approximate surface area is 166 Å². The first-order valence-corrected chi connectivity index (χ1v) is 10.2. The van der Waals surface area contributed by atoms with E-state index in [2.05, 4.69) is 4.74 Å². The predicted octanol–water partition coefficient (Wildman–Crippen LogP) is 3.38. The van der Waals surface area contributed by atoms with Crippen molar-refractivity contribution < 1.29 is 24.5 Å². The molecule has 3 atom stereocenters. The fraction of sp³-hybridized carbons (Fsp3) is 0.565. The van der Waals surface area contributed by atoms with Gasteiger partial charge < -0.3 is 14.9 Å². The van der Waals surface area contributed by atoms with Crippen molar-refractivity contribution >= 4 is 11.8 Å². The molecule has 1 aromatic rings. The summed E-state index contributed by atoms with van der Waals surface area (Å²) in [5, 5.41) is 20.9. The molecule has 0 amide bonds. The summed E-state index contributed by atoms with van der Waals surface area (Å²) in [4.78, 5) is 23.5. The molecular weight excluding hydrogens is 356 g/mol. The maximum absolute atomic E-state index is 12.4. The smallest absolute Gasteiger partial charge is 0.305 e. The molecular formula is C23H30O5. The van der Waals surface area contributed by atoms with Crippen LogP contribution < -0.4 is 0 Å². The zero-order valence-electron chi connectivity index (χ0n) is 16.5. The number of aliphatic hydroxyl groups excluding tert-OH is 1. The molecule has 0 aliphatic heterocycles. The Morgan fingerprint density at radius 3 is 2.57 bits per heavy atom. The van der Waals surface area contributed by atoms with E-state index in [9.17, 15) is 19.8 Å². The number of carbonyl (C=O) groups is 2. The molecule has 2 N–H and O–H groups in total. The molecule has 2 aliphatic carbocycles. The molecule has 2 saturated carbocycles. The number of carbonyl (C=O) groups excluding carboxylic acids is 2. The summed E-state index contributed by atoms with van der Waals surface area (Å²) >= 11 is 0. The fourth-order valence-electron chi connectivity index (χ4n) is 4.33. The van der Waals surface area contributed by atoms with Gasteiger partial charge in [-0.25, -0.2) is 0 Å². The van der Waals surface area contributed by atoms with E-state index in [4.69, 9.17) is 0 Å². The number of allylic oxidation sites excluding steroid dienone is 2. The van der Waals surface area contributed by atoms with Crippen LogP contribution in [0.1, 0.15) is 68.4 Å². The summed E-state index contributed by atoms with van der Waals surface area (Å²) in [6.45, 7) is 0. The summed E-state index contributed by atoms with van der Waals surface area (Å²) in [7, 11) is 1.38. The quantitative estimate of drug-likeness (QED) is 0.406. The van der Waals surface area contributed by atoms with Gasteiger partial charge in [-0.2, -0.15) is 0 Å². The number of benzene rings is 1. The van der Waals surface area contributed by atoms with Gasteiger partial charge in [-0.1, -0.05) is 36.4 Å². The van der Waals surface area contributed by atoms with Gasteiger partial charge in [0.25, 0.3) is 0 Å². The van der Waals surface area contributed by atoms with Crippen LogP contribution in [0.5, 0.6) is 0 Å². The number of rotatable bonds is 8. The largest absolute Gasteiger partial charge is 0.469 e. The molecule has 5 heteroatoms. The highest BCUT2D eigenvalue weighted by Gasteiger charge is 2.42. The Morgan fingerprint density at radius 1 is 1.25 bits per heavy atom. The molecule has 2 aliphatic rings. The van der Waals surface area contributed by atoms with Gasteiger partial charge in [0.2, 0.25) is 0 Å². The highest BCUT2D eigenvalue weighted by molar-refractivity contribution is 5.85. The number of ether oxygens (including phenoxy) is 1. The molecule has 152 valence electrons. The van der Waals surface area contributed by atoms with E-state index in [0.717, 1.165) is 43.2 Å². The Hall–Kier alpha value is -1.98. The minimum Gasteiger partial charge on any atom is -0.469 e.